The molecule has 3 nitrogen and oxygen atoms in total. The minimum atomic E-state index is -0.0363. The number of rotatable bonds is 4. The van der Waals surface area contributed by atoms with E-state index in [0.29, 0.717) is 21.2 Å². The Morgan fingerprint density at radius 1 is 1.15 bits per heavy atom. The molecule has 0 radical (unpaired) electrons. The van der Waals surface area contributed by atoms with E-state index >= 15 is 0 Å². The Morgan fingerprint density at radius 3 is 2.52 bits per heavy atom. The molecule has 1 unspecified atom stereocenters. The number of nitrogens with two attached hydrogens (primary N) is 1. The standard InChI is InChI=1S/C20H16ClNO2S3/c1-24-14-8-4-12(5-9-14)19-25-10-15-16(18(22)26-20(15)27-19)17(23)11-2-6-13(21)7-3-11/h2-9,19H,10,22H2,1H3. The summed E-state index contributed by atoms with van der Waals surface area (Å²) in [5, 5.41) is 1.20. The second kappa shape index (κ2) is 7.80. The minimum Gasteiger partial charge on any atom is -0.497 e. The maximum absolute atomic E-state index is 13.0. The number of thioether (sulfide) groups is 2. The van der Waals surface area contributed by atoms with E-state index in [9.17, 15) is 4.79 Å². The lowest BCUT2D eigenvalue weighted by atomic mass is 10.0. The van der Waals surface area contributed by atoms with Crippen LogP contribution in [0.5, 0.6) is 5.75 Å². The number of carbonyl (C=O) groups is 1. The number of hydrogen-bond donors (Lipinski definition) is 1. The summed E-state index contributed by atoms with van der Waals surface area (Å²) in [5.41, 5.74) is 9.78. The Morgan fingerprint density at radius 2 is 1.85 bits per heavy atom. The third kappa shape index (κ3) is 3.72. The summed E-state index contributed by atoms with van der Waals surface area (Å²) in [6.45, 7) is 0. The molecule has 1 atom stereocenters. The van der Waals surface area contributed by atoms with Gasteiger partial charge in [-0.05, 0) is 47.5 Å². The van der Waals surface area contributed by atoms with Crippen molar-refractivity contribution in [3.63, 3.8) is 0 Å². The molecule has 1 aliphatic rings. The van der Waals surface area contributed by atoms with Crippen LogP contribution in [0, 0.1) is 0 Å². The fourth-order valence-corrected chi connectivity index (χ4v) is 7.48. The quantitative estimate of drug-likeness (QED) is 0.492. The highest BCUT2D eigenvalue weighted by atomic mass is 35.5. The van der Waals surface area contributed by atoms with Crippen LogP contribution in [0.4, 0.5) is 5.00 Å². The predicted octanol–water partition coefficient (Wildman–Crippen LogP) is 6.26. The van der Waals surface area contributed by atoms with Crippen LogP contribution in [0.3, 0.4) is 0 Å². The van der Waals surface area contributed by atoms with Gasteiger partial charge in [0.2, 0.25) is 0 Å². The number of nitrogen functional groups attached to an aromatic ring is 1. The number of anilines is 1. The van der Waals surface area contributed by atoms with Gasteiger partial charge in [0.25, 0.3) is 0 Å². The van der Waals surface area contributed by atoms with Crippen LogP contribution in [0.2, 0.25) is 5.02 Å². The van der Waals surface area contributed by atoms with Crippen LogP contribution in [0.15, 0.2) is 52.7 Å². The van der Waals surface area contributed by atoms with Gasteiger partial charge in [0.05, 0.1) is 26.5 Å². The molecule has 2 heterocycles. The van der Waals surface area contributed by atoms with Gasteiger partial charge < -0.3 is 10.5 Å². The minimum absolute atomic E-state index is 0.0363. The number of thiophene rings is 1. The number of ether oxygens (including phenoxy) is 1. The summed E-state index contributed by atoms with van der Waals surface area (Å²) >= 11 is 11.0. The average molecular weight is 434 g/mol. The van der Waals surface area contributed by atoms with Gasteiger partial charge in [-0.15, -0.1) is 23.1 Å². The van der Waals surface area contributed by atoms with Crippen LogP contribution in [0.25, 0.3) is 0 Å². The first-order chi connectivity index (χ1) is 13.1. The van der Waals surface area contributed by atoms with Gasteiger partial charge in [0.1, 0.15) is 5.75 Å². The summed E-state index contributed by atoms with van der Waals surface area (Å²) in [6, 6.07) is 15.1. The summed E-state index contributed by atoms with van der Waals surface area (Å²) in [4.78, 5) is 13.0. The molecule has 0 bridgehead atoms. The number of methoxy groups -OCH3 is 1. The topological polar surface area (TPSA) is 52.3 Å². The van der Waals surface area contributed by atoms with Crippen molar-refractivity contribution in [2.24, 2.45) is 0 Å². The first-order valence-electron chi connectivity index (χ1n) is 8.20. The molecule has 0 spiro atoms. The normalized spacial score (nSPS) is 16.0. The number of fused-ring (bicyclic) bond motifs is 1. The van der Waals surface area contributed by atoms with Crippen molar-refractivity contribution >= 4 is 57.2 Å². The number of ketones is 1. The van der Waals surface area contributed by atoms with Gasteiger partial charge in [0, 0.05) is 16.3 Å². The molecule has 0 amide bonds. The van der Waals surface area contributed by atoms with Crippen molar-refractivity contribution in [3.05, 3.63) is 75.8 Å². The molecule has 1 aliphatic heterocycles. The second-order valence-corrected chi connectivity index (χ2v) is 10.2. The summed E-state index contributed by atoms with van der Waals surface area (Å²) in [7, 11) is 1.67. The molecule has 0 aliphatic carbocycles. The van der Waals surface area contributed by atoms with E-state index in [-0.39, 0.29) is 10.4 Å². The number of halogens is 1. The monoisotopic (exact) mass is 433 g/mol. The predicted molar refractivity (Wildman–Crippen MR) is 117 cm³/mol. The van der Waals surface area contributed by atoms with Crippen LogP contribution in [-0.4, -0.2) is 12.9 Å². The first kappa shape index (κ1) is 18.7. The molecular formula is C20H16ClNO2S3. The van der Waals surface area contributed by atoms with E-state index in [1.54, 1.807) is 43.1 Å². The number of hydrogen-bond acceptors (Lipinski definition) is 6. The number of carbonyl (C=O) groups excluding carboxylic acids is 1. The highest BCUT2D eigenvalue weighted by molar-refractivity contribution is 8.17. The Balaban J connectivity index is 1.61. The van der Waals surface area contributed by atoms with E-state index < -0.39 is 0 Å². The fraction of sp³-hybridized carbons (Fsp3) is 0.150. The highest BCUT2D eigenvalue weighted by Gasteiger charge is 2.30. The van der Waals surface area contributed by atoms with Crippen LogP contribution in [0.1, 0.15) is 31.6 Å². The van der Waals surface area contributed by atoms with Crippen molar-refractivity contribution in [2.45, 2.75) is 14.5 Å². The van der Waals surface area contributed by atoms with Gasteiger partial charge >= 0.3 is 0 Å². The molecule has 0 fully saturated rings. The summed E-state index contributed by atoms with van der Waals surface area (Å²) in [6.07, 6.45) is 0. The van der Waals surface area contributed by atoms with Crippen molar-refractivity contribution in [2.75, 3.05) is 12.8 Å². The maximum Gasteiger partial charge on any atom is 0.196 e. The lowest BCUT2D eigenvalue weighted by Crippen LogP contribution is -2.07. The third-order valence-corrected chi connectivity index (χ3v) is 8.63. The Hall–Kier alpha value is -1.60. The number of benzene rings is 2. The van der Waals surface area contributed by atoms with Crippen LogP contribution in [-0.2, 0) is 5.75 Å². The van der Waals surface area contributed by atoms with Gasteiger partial charge in [-0.1, -0.05) is 35.5 Å². The van der Waals surface area contributed by atoms with Gasteiger partial charge in [-0.3, -0.25) is 4.79 Å². The first-order valence-corrected chi connectivity index (χ1v) is 11.3. The average Bonchev–Trinajstić information content (AvgIpc) is 3.03. The van der Waals surface area contributed by atoms with Crippen molar-refractivity contribution in [1.82, 2.24) is 0 Å². The molecule has 1 aromatic heterocycles. The Bertz CT molecular complexity index is 984. The lowest BCUT2D eigenvalue weighted by molar-refractivity contribution is 0.103. The smallest absolute Gasteiger partial charge is 0.196 e. The SMILES string of the molecule is COc1ccc(C2SCc3c(sc(N)c3C(=O)c3ccc(Cl)cc3)S2)cc1. The van der Waals surface area contributed by atoms with Crippen LogP contribution < -0.4 is 10.5 Å². The molecule has 0 saturated carbocycles. The molecular weight excluding hydrogens is 418 g/mol. The second-order valence-electron chi connectivity index (χ2n) is 5.98. The highest BCUT2D eigenvalue weighted by Crippen LogP contribution is 2.55. The van der Waals surface area contributed by atoms with Gasteiger partial charge in [-0.25, -0.2) is 0 Å². The Labute approximate surface area is 175 Å². The lowest BCUT2D eigenvalue weighted by Gasteiger charge is -2.22. The van der Waals surface area contributed by atoms with Crippen molar-refractivity contribution in [1.29, 1.82) is 0 Å². The molecule has 4 rings (SSSR count). The summed E-state index contributed by atoms with van der Waals surface area (Å²) in [5.74, 6) is 1.58. The van der Waals surface area contributed by atoms with E-state index in [4.69, 9.17) is 22.1 Å². The third-order valence-electron chi connectivity index (χ3n) is 4.31. The molecule has 7 heteroatoms. The van der Waals surface area contributed by atoms with E-state index in [2.05, 4.69) is 12.1 Å². The van der Waals surface area contributed by atoms with Crippen LogP contribution >= 0.6 is 46.5 Å². The zero-order valence-corrected chi connectivity index (χ0v) is 17.6. The molecule has 2 aromatic carbocycles. The van der Waals surface area contributed by atoms with E-state index in [0.717, 1.165) is 21.3 Å². The Kier molecular flexibility index (Phi) is 5.41. The molecule has 138 valence electrons. The fourth-order valence-electron chi connectivity index (χ4n) is 2.90. The van der Waals surface area contributed by atoms with E-state index in [1.807, 2.05) is 23.9 Å². The zero-order valence-electron chi connectivity index (χ0n) is 14.4. The van der Waals surface area contributed by atoms with E-state index in [1.165, 1.54) is 16.9 Å². The van der Waals surface area contributed by atoms with Gasteiger partial charge in [0.15, 0.2) is 5.78 Å². The maximum atomic E-state index is 13.0. The molecule has 27 heavy (non-hydrogen) atoms. The summed E-state index contributed by atoms with van der Waals surface area (Å²) < 4.78 is 6.64. The van der Waals surface area contributed by atoms with Crippen molar-refractivity contribution < 1.29 is 9.53 Å². The van der Waals surface area contributed by atoms with Gasteiger partial charge in [-0.2, -0.15) is 0 Å². The molecule has 2 N–H and O–H groups in total. The zero-order chi connectivity index (χ0) is 19.0. The molecule has 0 saturated heterocycles. The van der Waals surface area contributed by atoms with Crippen molar-refractivity contribution in [3.8, 4) is 5.75 Å². The molecule has 3 aromatic rings. The largest absolute Gasteiger partial charge is 0.497 e.